The molecule has 1 heterocycles. The molecular formula is C16H30IN3O3S. The standard InChI is InChI=1S/C16H29N3O3S.HI/c1-3-22-14-9-13(16(14)6-4-7-16)19-15(17-2)18-10-12-5-8-23(20,21)11-12;/h12-14H,3-11H2,1-2H3,(H2,17,18,19);1H. The molecule has 0 aromatic carbocycles. The number of rotatable bonds is 5. The van der Waals surface area contributed by atoms with Crippen molar-refractivity contribution >= 4 is 39.8 Å². The summed E-state index contributed by atoms with van der Waals surface area (Å²) < 4.78 is 28.9. The van der Waals surface area contributed by atoms with Crippen LogP contribution in [0.5, 0.6) is 0 Å². The Kier molecular flexibility index (Phi) is 6.80. The summed E-state index contributed by atoms with van der Waals surface area (Å²) in [6.45, 7) is 3.51. The maximum atomic E-state index is 11.5. The molecule has 3 fully saturated rings. The molecule has 6 nitrogen and oxygen atoms in total. The first-order valence-electron chi connectivity index (χ1n) is 8.78. The van der Waals surface area contributed by atoms with Gasteiger partial charge in [0.2, 0.25) is 0 Å². The highest BCUT2D eigenvalue weighted by Crippen LogP contribution is 2.57. The van der Waals surface area contributed by atoms with E-state index >= 15 is 0 Å². The minimum absolute atomic E-state index is 0. The summed E-state index contributed by atoms with van der Waals surface area (Å²) in [7, 11) is -1.04. The van der Waals surface area contributed by atoms with Gasteiger partial charge in [0, 0.05) is 31.7 Å². The monoisotopic (exact) mass is 471 g/mol. The molecular weight excluding hydrogens is 441 g/mol. The van der Waals surface area contributed by atoms with Crippen molar-refractivity contribution in [1.29, 1.82) is 0 Å². The summed E-state index contributed by atoms with van der Waals surface area (Å²) in [6.07, 6.45) is 5.92. The lowest BCUT2D eigenvalue weighted by molar-refractivity contribution is -0.168. The third-order valence-electron chi connectivity index (χ3n) is 5.86. The van der Waals surface area contributed by atoms with E-state index in [1.807, 2.05) is 0 Å². The highest BCUT2D eigenvalue weighted by Gasteiger charge is 2.59. The molecule has 2 aliphatic carbocycles. The van der Waals surface area contributed by atoms with E-state index in [2.05, 4.69) is 22.5 Å². The summed E-state index contributed by atoms with van der Waals surface area (Å²) in [5.74, 6) is 1.62. The predicted octanol–water partition coefficient (Wildman–Crippen LogP) is 1.55. The molecule has 1 aliphatic heterocycles. The van der Waals surface area contributed by atoms with Crippen molar-refractivity contribution in [3.63, 3.8) is 0 Å². The quantitative estimate of drug-likeness (QED) is 0.362. The number of sulfone groups is 1. The Labute approximate surface area is 162 Å². The second kappa shape index (κ2) is 8.07. The van der Waals surface area contributed by atoms with E-state index in [4.69, 9.17) is 4.74 Å². The zero-order valence-corrected chi connectivity index (χ0v) is 17.7. The van der Waals surface area contributed by atoms with E-state index in [1.165, 1.54) is 19.3 Å². The molecule has 0 bridgehead atoms. The molecule has 3 unspecified atom stereocenters. The van der Waals surface area contributed by atoms with E-state index < -0.39 is 9.84 Å². The fraction of sp³-hybridized carbons (Fsp3) is 0.938. The largest absolute Gasteiger partial charge is 0.378 e. The summed E-state index contributed by atoms with van der Waals surface area (Å²) in [4.78, 5) is 4.31. The molecule has 0 radical (unpaired) electrons. The van der Waals surface area contributed by atoms with E-state index in [1.54, 1.807) is 7.05 Å². The normalized spacial score (nSPS) is 33.2. The van der Waals surface area contributed by atoms with Gasteiger partial charge in [-0.1, -0.05) is 6.42 Å². The van der Waals surface area contributed by atoms with Crippen molar-refractivity contribution in [2.45, 2.75) is 51.2 Å². The van der Waals surface area contributed by atoms with Gasteiger partial charge in [0.25, 0.3) is 0 Å². The maximum absolute atomic E-state index is 11.5. The number of hydrogen-bond donors (Lipinski definition) is 2. The predicted molar refractivity (Wildman–Crippen MR) is 107 cm³/mol. The molecule has 1 saturated heterocycles. The van der Waals surface area contributed by atoms with Crippen molar-refractivity contribution in [2.75, 3.05) is 31.7 Å². The van der Waals surface area contributed by atoms with Gasteiger partial charge in [-0.05, 0) is 38.5 Å². The van der Waals surface area contributed by atoms with Gasteiger partial charge in [-0.3, -0.25) is 4.99 Å². The third kappa shape index (κ3) is 4.00. The first kappa shape index (κ1) is 20.2. The Morgan fingerprint density at radius 1 is 1.38 bits per heavy atom. The Morgan fingerprint density at radius 2 is 2.12 bits per heavy atom. The average molecular weight is 471 g/mol. The van der Waals surface area contributed by atoms with Crippen molar-refractivity contribution in [3.8, 4) is 0 Å². The SMILES string of the molecule is CCOC1CC(NC(=NC)NCC2CCS(=O)(=O)C2)C12CCC2.I. The number of ether oxygens (including phenoxy) is 1. The smallest absolute Gasteiger partial charge is 0.191 e. The topological polar surface area (TPSA) is 79.8 Å². The van der Waals surface area contributed by atoms with Gasteiger partial charge in [0.15, 0.2) is 15.8 Å². The first-order valence-corrected chi connectivity index (χ1v) is 10.6. The Morgan fingerprint density at radius 3 is 2.62 bits per heavy atom. The highest BCUT2D eigenvalue weighted by atomic mass is 127. The first-order chi connectivity index (χ1) is 11.0. The molecule has 2 saturated carbocycles. The molecule has 0 aromatic heterocycles. The third-order valence-corrected chi connectivity index (χ3v) is 7.69. The number of halogens is 1. The Balaban J connectivity index is 0.00000208. The van der Waals surface area contributed by atoms with Crippen LogP contribution < -0.4 is 10.6 Å². The highest BCUT2D eigenvalue weighted by molar-refractivity contribution is 14.0. The zero-order chi connectivity index (χ0) is 16.5. The molecule has 3 rings (SSSR count). The van der Waals surface area contributed by atoms with Gasteiger partial charge >= 0.3 is 0 Å². The summed E-state index contributed by atoms with van der Waals surface area (Å²) in [6, 6.07) is 0.423. The van der Waals surface area contributed by atoms with Gasteiger partial charge in [0.1, 0.15) is 0 Å². The Bertz CT molecular complexity index is 563. The molecule has 0 amide bonds. The van der Waals surface area contributed by atoms with Crippen LogP contribution >= 0.6 is 24.0 Å². The van der Waals surface area contributed by atoms with Crippen molar-refractivity contribution in [2.24, 2.45) is 16.3 Å². The van der Waals surface area contributed by atoms with Gasteiger partial charge < -0.3 is 15.4 Å². The maximum Gasteiger partial charge on any atom is 0.191 e. The zero-order valence-electron chi connectivity index (χ0n) is 14.6. The molecule has 140 valence electrons. The number of nitrogens with one attached hydrogen (secondary N) is 2. The minimum Gasteiger partial charge on any atom is -0.378 e. The van der Waals surface area contributed by atoms with Crippen LogP contribution in [0.1, 0.15) is 39.0 Å². The van der Waals surface area contributed by atoms with Gasteiger partial charge in [-0.15, -0.1) is 24.0 Å². The van der Waals surface area contributed by atoms with Crippen molar-refractivity contribution < 1.29 is 13.2 Å². The van der Waals surface area contributed by atoms with E-state index in [9.17, 15) is 8.42 Å². The summed E-state index contributed by atoms with van der Waals surface area (Å²) in [5.41, 5.74) is 0.296. The lowest BCUT2D eigenvalue weighted by Crippen LogP contribution is -2.68. The summed E-state index contributed by atoms with van der Waals surface area (Å²) in [5, 5.41) is 6.85. The summed E-state index contributed by atoms with van der Waals surface area (Å²) >= 11 is 0. The average Bonchev–Trinajstić information content (AvgIpc) is 2.78. The van der Waals surface area contributed by atoms with E-state index in [0.29, 0.717) is 35.6 Å². The fourth-order valence-electron chi connectivity index (χ4n) is 4.27. The second-order valence-corrected chi connectivity index (χ2v) is 9.41. The molecule has 8 heteroatoms. The molecule has 0 aromatic rings. The molecule has 3 aliphatic rings. The molecule has 3 atom stereocenters. The number of guanidine groups is 1. The fourth-order valence-corrected chi connectivity index (χ4v) is 6.14. The van der Waals surface area contributed by atoms with Crippen LogP contribution in [0.25, 0.3) is 0 Å². The van der Waals surface area contributed by atoms with Gasteiger partial charge in [-0.2, -0.15) is 0 Å². The van der Waals surface area contributed by atoms with E-state index in [0.717, 1.165) is 25.4 Å². The van der Waals surface area contributed by atoms with Gasteiger partial charge in [0.05, 0.1) is 17.6 Å². The van der Waals surface area contributed by atoms with Crippen LogP contribution in [-0.2, 0) is 14.6 Å². The minimum atomic E-state index is -2.81. The van der Waals surface area contributed by atoms with Crippen LogP contribution in [0.15, 0.2) is 4.99 Å². The second-order valence-electron chi connectivity index (χ2n) is 7.19. The molecule has 1 spiro atoms. The van der Waals surface area contributed by atoms with Crippen LogP contribution in [0.2, 0.25) is 0 Å². The lowest BCUT2D eigenvalue weighted by Gasteiger charge is -2.61. The van der Waals surface area contributed by atoms with Crippen molar-refractivity contribution in [1.82, 2.24) is 10.6 Å². The van der Waals surface area contributed by atoms with Crippen molar-refractivity contribution in [3.05, 3.63) is 0 Å². The number of aliphatic imine (C=N–C) groups is 1. The lowest BCUT2D eigenvalue weighted by atomic mass is 9.51. The van der Waals surface area contributed by atoms with Gasteiger partial charge in [-0.25, -0.2) is 8.42 Å². The number of nitrogens with zero attached hydrogens (tertiary/aromatic N) is 1. The van der Waals surface area contributed by atoms with Crippen LogP contribution in [0.4, 0.5) is 0 Å². The molecule has 24 heavy (non-hydrogen) atoms. The molecule has 2 N–H and O–H groups in total. The van der Waals surface area contributed by atoms with Crippen LogP contribution in [0, 0.1) is 11.3 Å². The number of hydrogen-bond acceptors (Lipinski definition) is 4. The van der Waals surface area contributed by atoms with E-state index in [-0.39, 0.29) is 29.9 Å². The Hall–Kier alpha value is -0.0900. The van der Waals surface area contributed by atoms with Crippen LogP contribution in [0.3, 0.4) is 0 Å². The van der Waals surface area contributed by atoms with Crippen LogP contribution in [-0.4, -0.2) is 58.2 Å².